The third kappa shape index (κ3) is 2.88. The van der Waals surface area contributed by atoms with Gasteiger partial charge in [0.2, 0.25) is 17.5 Å². The van der Waals surface area contributed by atoms with Gasteiger partial charge in [-0.2, -0.15) is 5.26 Å². The SMILES string of the molecule is COc1cc(OC)c([C@H]2[C@H](C#N)[C@@]3(C(=O)N(C)C(=O)N3C(C)=O)N3C(=O)CC(C)(C)N23)c(OC)c1. The van der Waals surface area contributed by atoms with Gasteiger partial charge in [0.15, 0.2) is 0 Å². The van der Waals surface area contributed by atoms with Crippen LogP contribution in [0.25, 0.3) is 0 Å². The Morgan fingerprint density at radius 2 is 1.66 bits per heavy atom. The second kappa shape index (κ2) is 7.84. The van der Waals surface area contributed by atoms with Gasteiger partial charge < -0.3 is 14.2 Å². The smallest absolute Gasteiger partial charge is 0.335 e. The number of urea groups is 1. The number of amides is 5. The van der Waals surface area contributed by atoms with Crippen LogP contribution in [0.1, 0.15) is 38.8 Å². The second-order valence-corrected chi connectivity index (χ2v) is 9.26. The van der Waals surface area contributed by atoms with E-state index in [1.807, 2.05) is 0 Å². The summed E-state index contributed by atoms with van der Waals surface area (Å²) in [4.78, 5) is 54.6. The Morgan fingerprint density at radius 1 is 1.09 bits per heavy atom. The number of ether oxygens (including phenoxy) is 3. The highest BCUT2D eigenvalue weighted by atomic mass is 16.5. The van der Waals surface area contributed by atoms with Crippen molar-refractivity contribution in [1.82, 2.24) is 19.8 Å². The number of fused-ring (bicyclic) bond motifs is 2. The molecule has 3 saturated heterocycles. The maximum atomic E-state index is 13.8. The van der Waals surface area contributed by atoms with Gasteiger partial charge in [-0.3, -0.25) is 19.3 Å². The van der Waals surface area contributed by atoms with E-state index in [-0.39, 0.29) is 17.9 Å². The first-order valence-electron chi connectivity index (χ1n) is 10.9. The van der Waals surface area contributed by atoms with Gasteiger partial charge in [0.25, 0.3) is 5.91 Å². The Kier molecular flexibility index (Phi) is 5.44. The highest BCUT2D eigenvalue weighted by Gasteiger charge is 2.78. The molecule has 3 fully saturated rings. The minimum atomic E-state index is -2.20. The van der Waals surface area contributed by atoms with E-state index in [2.05, 4.69) is 6.07 Å². The van der Waals surface area contributed by atoms with Crippen molar-refractivity contribution in [2.45, 2.75) is 44.4 Å². The minimum Gasteiger partial charge on any atom is -0.496 e. The van der Waals surface area contributed by atoms with Crippen LogP contribution < -0.4 is 14.2 Å². The third-order valence-corrected chi connectivity index (χ3v) is 6.93. The average Bonchev–Trinajstić information content (AvgIpc) is 3.33. The summed E-state index contributed by atoms with van der Waals surface area (Å²) in [6.07, 6.45) is -0.0128. The highest BCUT2D eigenvalue weighted by Crippen LogP contribution is 2.60. The maximum Gasteiger partial charge on any atom is 0.335 e. The zero-order chi connectivity index (χ0) is 26.0. The van der Waals surface area contributed by atoms with Gasteiger partial charge in [-0.1, -0.05) is 0 Å². The van der Waals surface area contributed by atoms with Crippen LogP contribution in [-0.4, -0.2) is 83.1 Å². The van der Waals surface area contributed by atoms with E-state index >= 15 is 0 Å². The normalized spacial score (nSPS) is 27.5. The third-order valence-electron chi connectivity index (χ3n) is 6.93. The number of hydrogen-bond acceptors (Lipinski definition) is 9. The molecule has 35 heavy (non-hydrogen) atoms. The van der Waals surface area contributed by atoms with Gasteiger partial charge in [0, 0.05) is 38.1 Å². The first kappa shape index (κ1) is 24.3. The summed E-state index contributed by atoms with van der Waals surface area (Å²) in [7, 11) is 5.56. The molecule has 3 aliphatic rings. The van der Waals surface area contributed by atoms with E-state index in [1.165, 1.54) is 28.4 Å². The van der Waals surface area contributed by atoms with Crippen molar-refractivity contribution in [3.05, 3.63) is 17.7 Å². The lowest BCUT2D eigenvalue weighted by molar-refractivity contribution is -0.172. The van der Waals surface area contributed by atoms with Gasteiger partial charge in [-0.05, 0) is 13.8 Å². The molecule has 0 radical (unpaired) electrons. The van der Waals surface area contributed by atoms with Gasteiger partial charge in [-0.25, -0.2) is 19.7 Å². The molecule has 186 valence electrons. The molecule has 0 bridgehead atoms. The molecular weight excluding hydrogens is 458 g/mol. The first-order chi connectivity index (χ1) is 16.4. The van der Waals surface area contributed by atoms with Gasteiger partial charge in [0.1, 0.15) is 23.2 Å². The zero-order valence-electron chi connectivity index (χ0n) is 20.6. The van der Waals surface area contributed by atoms with Crippen molar-refractivity contribution in [2.24, 2.45) is 5.92 Å². The van der Waals surface area contributed by atoms with E-state index < -0.39 is 46.9 Å². The van der Waals surface area contributed by atoms with E-state index in [9.17, 15) is 24.4 Å². The van der Waals surface area contributed by atoms with Crippen LogP contribution in [-0.2, 0) is 14.4 Å². The summed E-state index contributed by atoms with van der Waals surface area (Å²) >= 11 is 0. The fourth-order valence-corrected chi connectivity index (χ4v) is 5.60. The number of likely N-dealkylation sites (N-methyl/N-ethyl adjacent to an activating group) is 1. The number of hydrogen-bond donors (Lipinski definition) is 0. The van der Waals surface area contributed by atoms with Crippen molar-refractivity contribution < 1.29 is 33.4 Å². The molecule has 3 atom stereocenters. The largest absolute Gasteiger partial charge is 0.496 e. The van der Waals surface area contributed by atoms with Crippen molar-refractivity contribution in [2.75, 3.05) is 28.4 Å². The summed E-state index contributed by atoms with van der Waals surface area (Å²) in [5, 5.41) is 13.2. The summed E-state index contributed by atoms with van der Waals surface area (Å²) in [5.74, 6) is -2.46. The van der Waals surface area contributed by atoms with Crippen LogP contribution in [0, 0.1) is 17.2 Å². The fourth-order valence-electron chi connectivity index (χ4n) is 5.60. The Morgan fingerprint density at radius 3 is 2.11 bits per heavy atom. The maximum absolute atomic E-state index is 13.8. The van der Waals surface area contributed by atoms with Gasteiger partial charge in [-0.15, -0.1) is 0 Å². The number of benzene rings is 1. The minimum absolute atomic E-state index is 0.0128. The molecule has 0 aliphatic carbocycles. The quantitative estimate of drug-likeness (QED) is 0.578. The van der Waals surface area contributed by atoms with E-state index in [0.717, 1.165) is 21.7 Å². The molecule has 5 amide bonds. The van der Waals surface area contributed by atoms with Crippen LogP contribution in [0.3, 0.4) is 0 Å². The molecule has 1 aromatic rings. The number of rotatable bonds is 4. The average molecular weight is 485 g/mol. The van der Waals surface area contributed by atoms with Crippen molar-refractivity contribution in [3.63, 3.8) is 0 Å². The molecule has 3 heterocycles. The lowest BCUT2D eigenvalue weighted by Gasteiger charge is -2.40. The summed E-state index contributed by atoms with van der Waals surface area (Å²) < 4.78 is 16.6. The summed E-state index contributed by atoms with van der Waals surface area (Å²) in [6.45, 7) is 4.70. The van der Waals surface area contributed by atoms with Crippen LogP contribution >= 0.6 is 0 Å². The molecule has 0 saturated carbocycles. The molecule has 0 N–H and O–H groups in total. The zero-order valence-corrected chi connectivity index (χ0v) is 20.6. The fraction of sp³-hybridized carbons (Fsp3) is 0.522. The van der Waals surface area contributed by atoms with E-state index in [4.69, 9.17) is 14.2 Å². The van der Waals surface area contributed by atoms with Crippen LogP contribution in [0.2, 0.25) is 0 Å². The molecule has 1 aromatic carbocycles. The van der Waals surface area contributed by atoms with Crippen molar-refractivity contribution >= 4 is 23.8 Å². The molecule has 1 spiro atoms. The van der Waals surface area contributed by atoms with Crippen LogP contribution in [0.4, 0.5) is 4.79 Å². The molecule has 0 aromatic heterocycles. The molecule has 4 rings (SSSR count). The van der Waals surface area contributed by atoms with Gasteiger partial charge >= 0.3 is 6.03 Å². The van der Waals surface area contributed by atoms with E-state index in [0.29, 0.717) is 11.3 Å². The Balaban J connectivity index is 2.11. The number of nitrogens with zero attached hydrogens (tertiary/aromatic N) is 5. The molecule has 12 heteroatoms. The Labute approximate surface area is 202 Å². The number of imide groups is 2. The predicted octanol–water partition coefficient (Wildman–Crippen LogP) is 1.27. The standard InChI is InChI=1S/C23H27N5O7/c1-12(29)26-21(32)25(4)20(31)23(26)14(11-24)19(28-22(2,3)10-17(30)27(23)28)18-15(34-6)8-13(33-5)9-16(18)35-7/h8-9,14,19H,10H2,1-7H3/t14-,19+,23-/m0/s1. The number of hydrazine groups is 1. The van der Waals surface area contributed by atoms with Crippen LogP contribution in [0.15, 0.2) is 12.1 Å². The first-order valence-corrected chi connectivity index (χ1v) is 10.9. The second-order valence-electron chi connectivity index (χ2n) is 9.26. The highest BCUT2D eigenvalue weighted by molar-refractivity contribution is 6.15. The topological polar surface area (TPSA) is 133 Å². The molecule has 3 aliphatic heterocycles. The monoisotopic (exact) mass is 485 g/mol. The van der Waals surface area contributed by atoms with Gasteiger partial charge in [0.05, 0.1) is 39.0 Å². The number of nitriles is 1. The number of carbonyl (C=O) groups is 4. The van der Waals surface area contributed by atoms with Crippen molar-refractivity contribution in [1.29, 1.82) is 5.26 Å². The van der Waals surface area contributed by atoms with E-state index in [1.54, 1.807) is 31.0 Å². The molecule has 0 unspecified atom stereocenters. The number of carbonyl (C=O) groups excluding carboxylic acids is 4. The number of methoxy groups -OCH3 is 3. The molecule has 12 nitrogen and oxygen atoms in total. The lowest BCUT2D eigenvalue weighted by Crippen LogP contribution is -2.65. The summed E-state index contributed by atoms with van der Waals surface area (Å²) in [5.41, 5.74) is -2.70. The summed E-state index contributed by atoms with van der Waals surface area (Å²) in [6, 6.07) is 3.44. The van der Waals surface area contributed by atoms with Crippen molar-refractivity contribution in [3.8, 4) is 23.3 Å². The molecular formula is C23H27N5O7. The lowest BCUT2D eigenvalue weighted by atomic mass is 9.81. The van der Waals surface area contributed by atoms with Crippen LogP contribution in [0.5, 0.6) is 17.2 Å². The Hall–Kier alpha value is -3.85. The Bertz CT molecular complexity index is 1170. The predicted molar refractivity (Wildman–Crippen MR) is 119 cm³/mol.